The van der Waals surface area contributed by atoms with Crippen molar-refractivity contribution in [3.63, 3.8) is 0 Å². The molecule has 182 valence electrons. The molecule has 3 unspecified atom stereocenters. The number of nitrogens with one attached hydrogen (secondary N) is 1. The predicted octanol–water partition coefficient (Wildman–Crippen LogP) is 4.31. The van der Waals surface area contributed by atoms with Crippen molar-refractivity contribution < 1.29 is 24.4 Å². The first-order valence-corrected chi connectivity index (χ1v) is 11.8. The normalized spacial score (nSPS) is 24.0. The first kappa shape index (κ1) is 25.0. The van der Waals surface area contributed by atoms with Crippen LogP contribution >= 0.6 is 0 Å². The van der Waals surface area contributed by atoms with E-state index < -0.39 is 16.8 Å². The van der Waals surface area contributed by atoms with Gasteiger partial charge in [-0.2, -0.15) is 0 Å². The van der Waals surface area contributed by atoms with Gasteiger partial charge in [-0.15, -0.1) is 0 Å². The van der Waals surface area contributed by atoms with Crippen molar-refractivity contribution in [1.29, 1.82) is 0 Å². The second-order valence-corrected chi connectivity index (χ2v) is 9.78. The number of rotatable bonds is 8. The number of nitro benzene ring substituents is 1. The number of carbonyl (C=O) groups excluding carboxylic acids is 1. The van der Waals surface area contributed by atoms with Crippen LogP contribution in [0.5, 0.6) is 0 Å². The Morgan fingerprint density at radius 1 is 1.24 bits per heavy atom. The van der Waals surface area contributed by atoms with Crippen LogP contribution in [0.2, 0.25) is 0 Å². The summed E-state index contributed by atoms with van der Waals surface area (Å²) in [6.45, 7) is 7.48. The molecule has 0 aromatic heterocycles. The summed E-state index contributed by atoms with van der Waals surface area (Å²) in [5.41, 5.74) is 0.671. The number of ether oxygens (including phenoxy) is 1. The van der Waals surface area contributed by atoms with Crippen LogP contribution in [0.15, 0.2) is 18.2 Å². The maximum Gasteiger partial charge on any atom is 0.306 e. The van der Waals surface area contributed by atoms with Crippen LogP contribution < -0.4 is 10.2 Å². The quantitative estimate of drug-likeness (QED) is 0.437. The number of amides is 1. The molecule has 0 spiro atoms. The van der Waals surface area contributed by atoms with Crippen LogP contribution in [-0.4, -0.2) is 47.7 Å². The highest BCUT2D eigenvalue weighted by atomic mass is 16.6. The number of nitro groups is 1. The summed E-state index contributed by atoms with van der Waals surface area (Å²) in [4.78, 5) is 36.8. The molecule has 0 radical (unpaired) electrons. The molecule has 3 rings (SSSR count). The van der Waals surface area contributed by atoms with Gasteiger partial charge in [0.15, 0.2) is 0 Å². The number of piperidine rings is 1. The Bertz CT molecular complexity index is 866. The molecule has 9 heteroatoms. The van der Waals surface area contributed by atoms with Gasteiger partial charge in [-0.05, 0) is 55.6 Å². The van der Waals surface area contributed by atoms with Crippen LogP contribution in [0.3, 0.4) is 0 Å². The second-order valence-electron chi connectivity index (χ2n) is 9.78. The Balaban J connectivity index is 1.66. The number of anilines is 2. The van der Waals surface area contributed by atoms with Crippen LogP contribution in [0.4, 0.5) is 17.1 Å². The fraction of sp³-hybridized carbons (Fsp3) is 0.667. The maximum atomic E-state index is 12.7. The van der Waals surface area contributed by atoms with Gasteiger partial charge in [-0.25, -0.2) is 0 Å². The zero-order valence-electron chi connectivity index (χ0n) is 19.7. The smallest absolute Gasteiger partial charge is 0.306 e. The SMILES string of the molecule is CC1CCC(C(C)C)C(OCC(=O)Nc2cc(N3CCC(C(=O)O)CC3)ccc2[N+](=O)[O-])C1. The second kappa shape index (κ2) is 11.0. The molecule has 9 nitrogen and oxygen atoms in total. The molecular formula is C24H35N3O6. The molecule has 1 saturated carbocycles. The summed E-state index contributed by atoms with van der Waals surface area (Å²) < 4.78 is 5.99. The fourth-order valence-electron chi connectivity index (χ4n) is 5.04. The summed E-state index contributed by atoms with van der Waals surface area (Å²) in [7, 11) is 0. The molecule has 3 atom stereocenters. The third kappa shape index (κ3) is 6.43. The van der Waals surface area contributed by atoms with Crippen molar-refractivity contribution >= 4 is 28.9 Å². The van der Waals surface area contributed by atoms with Crippen molar-refractivity contribution in [2.45, 2.75) is 59.0 Å². The van der Waals surface area contributed by atoms with Crippen LogP contribution in [0.1, 0.15) is 52.9 Å². The third-order valence-electron chi connectivity index (χ3n) is 7.05. The molecule has 1 amide bonds. The molecule has 1 aliphatic heterocycles. The Morgan fingerprint density at radius 2 is 1.94 bits per heavy atom. The van der Waals surface area contributed by atoms with E-state index in [4.69, 9.17) is 4.74 Å². The summed E-state index contributed by atoms with van der Waals surface area (Å²) >= 11 is 0. The van der Waals surface area contributed by atoms with E-state index in [2.05, 4.69) is 26.1 Å². The zero-order valence-corrected chi connectivity index (χ0v) is 19.7. The molecule has 2 fully saturated rings. The van der Waals surface area contributed by atoms with Crippen LogP contribution in [0.25, 0.3) is 0 Å². The van der Waals surface area contributed by atoms with Gasteiger partial charge >= 0.3 is 5.97 Å². The van der Waals surface area contributed by atoms with Crippen molar-refractivity contribution in [3.8, 4) is 0 Å². The highest BCUT2D eigenvalue weighted by Gasteiger charge is 2.32. The molecular weight excluding hydrogens is 426 g/mol. The Hall–Kier alpha value is -2.68. The van der Waals surface area contributed by atoms with Gasteiger partial charge in [0.2, 0.25) is 0 Å². The minimum Gasteiger partial charge on any atom is -0.481 e. The highest BCUT2D eigenvalue weighted by Crippen LogP contribution is 2.36. The molecule has 2 N–H and O–H groups in total. The van der Waals surface area contributed by atoms with E-state index in [1.165, 1.54) is 6.07 Å². The Labute approximate surface area is 194 Å². The van der Waals surface area contributed by atoms with E-state index in [1.807, 2.05) is 4.90 Å². The minimum absolute atomic E-state index is 0.0105. The molecule has 1 aromatic carbocycles. The fourth-order valence-corrected chi connectivity index (χ4v) is 5.04. The molecule has 1 aromatic rings. The number of carboxylic acids is 1. The van der Waals surface area contributed by atoms with E-state index in [0.717, 1.165) is 24.9 Å². The van der Waals surface area contributed by atoms with Gasteiger partial charge in [0.25, 0.3) is 11.6 Å². The number of aliphatic carboxylic acids is 1. The lowest BCUT2D eigenvalue weighted by molar-refractivity contribution is -0.383. The number of hydrogen-bond acceptors (Lipinski definition) is 6. The highest BCUT2D eigenvalue weighted by molar-refractivity contribution is 5.94. The van der Waals surface area contributed by atoms with Gasteiger partial charge in [-0.1, -0.05) is 27.2 Å². The number of nitrogens with zero attached hydrogens (tertiary/aromatic N) is 2. The van der Waals surface area contributed by atoms with Crippen molar-refractivity contribution in [3.05, 3.63) is 28.3 Å². The molecule has 0 bridgehead atoms. The minimum atomic E-state index is -0.793. The van der Waals surface area contributed by atoms with Gasteiger partial charge < -0.3 is 20.1 Å². The van der Waals surface area contributed by atoms with E-state index in [1.54, 1.807) is 12.1 Å². The van der Waals surface area contributed by atoms with Gasteiger partial charge in [0.05, 0.1) is 16.9 Å². The first-order chi connectivity index (χ1) is 15.7. The largest absolute Gasteiger partial charge is 0.481 e. The summed E-state index contributed by atoms with van der Waals surface area (Å²) in [6, 6.07) is 4.62. The zero-order chi connectivity index (χ0) is 24.1. The van der Waals surface area contributed by atoms with Crippen molar-refractivity contribution in [2.75, 3.05) is 29.9 Å². The van der Waals surface area contributed by atoms with Crippen LogP contribution in [0, 0.1) is 33.8 Å². The Morgan fingerprint density at radius 3 is 2.55 bits per heavy atom. The maximum absolute atomic E-state index is 12.7. The van der Waals surface area contributed by atoms with E-state index in [-0.39, 0.29) is 30.0 Å². The van der Waals surface area contributed by atoms with E-state index in [9.17, 15) is 24.8 Å². The van der Waals surface area contributed by atoms with Gasteiger partial charge in [0, 0.05) is 24.8 Å². The van der Waals surface area contributed by atoms with E-state index in [0.29, 0.717) is 43.7 Å². The predicted molar refractivity (Wildman–Crippen MR) is 125 cm³/mol. The third-order valence-corrected chi connectivity index (χ3v) is 7.05. The molecule has 1 aliphatic carbocycles. The average Bonchev–Trinajstić information content (AvgIpc) is 2.77. The molecule has 33 heavy (non-hydrogen) atoms. The molecule has 1 heterocycles. The van der Waals surface area contributed by atoms with Crippen LogP contribution in [-0.2, 0) is 14.3 Å². The summed E-state index contributed by atoms with van der Waals surface area (Å²) in [5.74, 6) is -0.156. The lowest BCUT2D eigenvalue weighted by Gasteiger charge is -2.37. The van der Waals surface area contributed by atoms with Gasteiger partial charge in [0.1, 0.15) is 12.3 Å². The number of benzene rings is 1. The van der Waals surface area contributed by atoms with Crippen molar-refractivity contribution in [2.24, 2.45) is 23.7 Å². The standard InChI is InChI=1S/C24H35N3O6/c1-15(2)19-6-4-16(3)12-22(19)33-14-23(28)25-20-13-18(5-7-21(20)27(31)32)26-10-8-17(9-11-26)24(29)30/h5,7,13,15-17,19,22H,4,6,8-12,14H2,1-3H3,(H,25,28)(H,29,30). The van der Waals surface area contributed by atoms with Crippen molar-refractivity contribution in [1.82, 2.24) is 0 Å². The summed E-state index contributed by atoms with van der Waals surface area (Å²) in [6.07, 6.45) is 4.20. The van der Waals surface area contributed by atoms with E-state index >= 15 is 0 Å². The number of hydrogen-bond donors (Lipinski definition) is 2. The van der Waals surface area contributed by atoms with Gasteiger partial charge in [-0.3, -0.25) is 19.7 Å². The monoisotopic (exact) mass is 461 g/mol. The first-order valence-electron chi connectivity index (χ1n) is 11.8. The lowest BCUT2D eigenvalue weighted by Crippen LogP contribution is -2.36. The Kier molecular flexibility index (Phi) is 8.29. The topological polar surface area (TPSA) is 122 Å². The summed E-state index contributed by atoms with van der Waals surface area (Å²) in [5, 5.41) is 23.4. The molecule has 2 aliphatic rings. The lowest BCUT2D eigenvalue weighted by atomic mass is 9.75. The molecule has 1 saturated heterocycles. The number of carbonyl (C=O) groups is 2. The number of carboxylic acid groups (broad SMARTS) is 1. The average molecular weight is 462 g/mol.